The zero-order chi connectivity index (χ0) is 12.3. The molecule has 0 aromatic carbocycles. The number of rotatable bonds is 2. The van der Waals surface area contributed by atoms with E-state index in [0.717, 1.165) is 5.69 Å². The molecule has 0 bridgehead atoms. The number of nitriles is 1. The summed E-state index contributed by atoms with van der Waals surface area (Å²) in [6.45, 7) is 4.60. The molecule has 2 rings (SSSR count). The molecule has 1 aliphatic carbocycles. The SMILES string of the molecule is CC1(C)CCCCC1Nc1cnccc1C#N. The van der Waals surface area contributed by atoms with Crippen LogP contribution in [0.1, 0.15) is 45.1 Å². The van der Waals surface area contributed by atoms with Crippen LogP contribution in [0.2, 0.25) is 0 Å². The predicted molar refractivity (Wildman–Crippen MR) is 68.6 cm³/mol. The Balaban J connectivity index is 2.17. The topological polar surface area (TPSA) is 48.7 Å². The van der Waals surface area contributed by atoms with Gasteiger partial charge in [0.1, 0.15) is 6.07 Å². The maximum absolute atomic E-state index is 9.06. The van der Waals surface area contributed by atoms with Crippen LogP contribution in [0.4, 0.5) is 5.69 Å². The van der Waals surface area contributed by atoms with Crippen molar-refractivity contribution >= 4 is 5.69 Å². The Morgan fingerprint density at radius 1 is 1.47 bits per heavy atom. The Morgan fingerprint density at radius 3 is 3.00 bits per heavy atom. The minimum Gasteiger partial charge on any atom is -0.379 e. The quantitative estimate of drug-likeness (QED) is 0.846. The first kappa shape index (κ1) is 11.9. The zero-order valence-corrected chi connectivity index (χ0v) is 10.5. The van der Waals surface area contributed by atoms with Crippen molar-refractivity contribution in [2.24, 2.45) is 5.41 Å². The van der Waals surface area contributed by atoms with E-state index in [1.165, 1.54) is 25.7 Å². The van der Waals surface area contributed by atoms with E-state index in [1.54, 1.807) is 18.5 Å². The van der Waals surface area contributed by atoms with E-state index >= 15 is 0 Å². The Bertz CT molecular complexity index is 431. The minimum absolute atomic E-state index is 0.292. The molecule has 1 saturated carbocycles. The molecule has 90 valence electrons. The monoisotopic (exact) mass is 229 g/mol. The van der Waals surface area contributed by atoms with Crippen LogP contribution in [-0.2, 0) is 0 Å². The molecule has 0 amide bonds. The van der Waals surface area contributed by atoms with Crippen LogP contribution >= 0.6 is 0 Å². The Hall–Kier alpha value is -1.56. The summed E-state index contributed by atoms with van der Waals surface area (Å²) in [7, 11) is 0. The van der Waals surface area contributed by atoms with Crippen molar-refractivity contribution in [3.05, 3.63) is 24.0 Å². The molecular formula is C14H19N3. The smallest absolute Gasteiger partial charge is 0.101 e. The molecule has 1 atom stereocenters. The van der Waals surface area contributed by atoms with Gasteiger partial charge < -0.3 is 5.32 Å². The number of aromatic nitrogens is 1. The number of anilines is 1. The fourth-order valence-electron chi connectivity index (χ4n) is 2.56. The number of nitrogens with zero attached hydrogens (tertiary/aromatic N) is 2. The Labute approximate surface area is 103 Å². The normalized spacial score (nSPS) is 22.8. The standard InChI is InChI=1S/C14H19N3/c1-14(2)7-4-3-5-13(14)17-12-10-16-8-6-11(12)9-15/h6,8,10,13,17H,3-5,7H2,1-2H3. The molecular weight excluding hydrogens is 210 g/mol. The molecule has 0 radical (unpaired) electrons. The van der Waals surface area contributed by atoms with Gasteiger partial charge in [0.2, 0.25) is 0 Å². The third kappa shape index (κ3) is 2.58. The molecule has 1 N–H and O–H groups in total. The first-order valence-corrected chi connectivity index (χ1v) is 6.24. The lowest BCUT2D eigenvalue weighted by atomic mass is 9.73. The van der Waals surface area contributed by atoms with Gasteiger partial charge in [0.15, 0.2) is 0 Å². The summed E-state index contributed by atoms with van der Waals surface area (Å²) in [5.41, 5.74) is 1.84. The fourth-order valence-corrected chi connectivity index (χ4v) is 2.56. The number of pyridine rings is 1. The van der Waals surface area contributed by atoms with E-state index in [1.807, 2.05) is 0 Å². The molecule has 1 heterocycles. The molecule has 0 aliphatic heterocycles. The highest BCUT2D eigenvalue weighted by Crippen LogP contribution is 2.37. The summed E-state index contributed by atoms with van der Waals surface area (Å²) in [5.74, 6) is 0. The van der Waals surface area contributed by atoms with E-state index in [0.29, 0.717) is 17.0 Å². The van der Waals surface area contributed by atoms with E-state index in [9.17, 15) is 0 Å². The van der Waals surface area contributed by atoms with Gasteiger partial charge in [-0.25, -0.2) is 0 Å². The molecule has 1 aliphatic rings. The van der Waals surface area contributed by atoms with Crippen molar-refractivity contribution in [2.75, 3.05) is 5.32 Å². The molecule has 17 heavy (non-hydrogen) atoms. The van der Waals surface area contributed by atoms with Gasteiger partial charge in [-0.1, -0.05) is 26.7 Å². The predicted octanol–water partition coefficient (Wildman–Crippen LogP) is 3.33. The maximum atomic E-state index is 9.06. The van der Waals surface area contributed by atoms with Crippen molar-refractivity contribution in [1.29, 1.82) is 5.26 Å². The van der Waals surface area contributed by atoms with Crippen LogP contribution < -0.4 is 5.32 Å². The highest BCUT2D eigenvalue weighted by molar-refractivity contribution is 5.56. The third-order valence-electron chi connectivity index (χ3n) is 3.78. The van der Waals surface area contributed by atoms with E-state index in [4.69, 9.17) is 5.26 Å². The second-order valence-electron chi connectivity index (χ2n) is 5.46. The number of hydrogen-bond acceptors (Lipinski definition) is 3. The molecule has 1 aromatic heterocycles. The third-order valence-corrected chi connectivity index (χ3v) is 3.78. The van der Waals surface area contributed by atoms with Crippen LogP contribution in [-0.4, -0.2) is 11.0 Å². The lowest BCUT2D eigenvalue weighted by Crippen LogP contribution is -2.39. The number of hydrogen-bond donors (Lipinski definition) is 1. The molecule has 3 heteroatoms. The van der Waals surface area contributed by atoms with Crippen molar-refractivity contribution in [1.82, 2.24) is 4.98 Å². The van der Waals surface area contributed by atoms with Crippen molar-refractivity contribution in [3.63, 3.8) is 0 Å². The first-order valence-electron chi connectivity index (χ1n) is 6.24. The molecule has 1 fully saturated rings. The fraction of sp³-hybridized carbons (Fsp3) is 0.571. The molecule has 1 unspecified atom stereocenters. The van der Waals surface area contributed by atoms with Gasteiger partial charge in [-0.15, -0.1) is 0 Å². The summed E-state index contributed by atoms with van der Waals surface area (Å²) in [6, 6.07) is 4.41. The van der Waals surface area contributed by atoms with Crippen LogP contribution in [0.25, 0.3) is 0 Å². The summed E-state index contributed by atoms with van der Waals surface area (Å²) < 4.78 is 0. The van der Waals surface area contributed by atoms with E-state index < -0.39 is 0 Å². The average Bonchev–Trinajstić information content (AvgIpc) is 2.32. The second kappa shape index (κ2) is 4.75. The maximum Gasteiger partial charge on any atom is 0.101 e. The van der Waals surface area contributed by atoms with Crippen LogP contribution in [0.3, 0.4) is 0 Å². The lowest BCUT2D eigenvalue weighted by Gasteiger charge is -2.39. The van der Waals surface area contributed by atoms with Gasteiger partial charge in [0.05, 0.1) is 17.4 Å². The largest absolute Gasteiger partial charge is 0.379 e. The summed E-state index contributed by atoms with van der Waals surface area (Å²) >= 11 is 0. The van der Waals surface area contributed by atoms with Crippen molar-refractivity contribution in [3.8, 4) is 6.07 Å². The second-order valence-corrected chi connectivity index (χ2v) is 5.46. The lowest BCUT2D eigenvalue weighted by molar-refractivity contribution is 0.217. The average molecular weight is 229 g/mol. The van der Waals surface area contributed by atoms with Gasteiger partial charge >= 0.3 is 0 Å². The van der Waals surface area contributed by atoms with Crippen molar-refractivity contribution in [2.45, 2.75) is 45.6 Å². The summed E-state index contributed by atoms with van der Waals surface area (Å²) in [4.78, 5) is 4.09. The summed E-state index contributed by atoms with van der Waals surface area (Å²) in [6.07, 6.45) is 8.41. The van der Waals surface area contributed by atoms with E-state index in [2.05, 4.69) is 30.2 Å². The van der Waals surface area contributed by atoms with Crippen LogP contribution in [0, 0.1) is 16.7 Å². The van der Waals surface area contributed by atoms with E-state index in [-0.39, 0.29) is 0 Å². The van der Waals surface area contributed by atoms with Gasteiger partial charge in [-0.2, -0.15) is 5.26 Å². The summed E-state index contributed by atoms with van der Waals surface area (Å²) in [5, 5.41) is 12.6. The first-order chi connectivity index (χ1) is 8.13. The van der Waals surface area contributed by atoms with Gasteiger partial charge in [0.25, 0.3) is 0 Å². The highest BCUT2D eigenvalue weighted by atomic mass is 15.0. The zero-order valence-electron chi connectivity index (χ0n) is 10.5. The van der Waals surface area contributed by atoms with Crippen LogP contribution in [0.15, 0.2) is 18.5 Å². The Kier molecular flexibility index (Phi) is 3.33. The van der Waals surface area contributed by atoms with Gasteiger partial charge in [-0.05, 0) is 24.3 Å². The van der Waals surface area contributed by atoms with Crippen LogP contribution in [0.5, 0.6) is 0 Å². The molecule has 0 spiro atoms. The highest BCUT2D eigenvalue weighted by Gasteiger charge is 2.32. The molecule has 1 aromatic rings. The molecule has 0 saturated heterocycles. The van der Waals surface area contributed by atoms with Gasteiger partial charge in [0, 0.05) is 12.2 Å². The van der Waals surface area contributed by atoms with Gasteiger partial charge in [-0.3, -0.25) is 4.98 Å². The Morgan fingerprint density at radius 2 is 2.29 bits per heavy atom. The number of nitrogens with one attached hydrogen (secondary N) is 1. The van der Waals surface area contributed by atoms with Crippen molar-refractivity contribution < 1.29 is 0 Å². The minimum atomic E-state index is 0.292. The molecule has 3 nitrogen and oxygen atoms in total.